The molecule has 2 aromatic heterocycles. The number of anilines is 1. The number of aliphatic hydroxyl groups excluding tert-OH is 1. The van der Waals surface area contributed by atoms with Crippen LogP contribution in [0.4, 0.5) is 5.82 Å². The predicted octanol–water partition coefficient (Wildman–Crippen LogP) is 0.278. The first-order chi connectivity index (χ1) is 8.21. The quantitative estimate of drug-likeness (QED) is 0.735. The summed E-state index contributed by atoms with van der Waals surface area (Å²) < 4.78 is 2.08. The molecule has 2 heterocycles. The molecule has 6 nitrogen and oxygen atoms in total. The Kier molecular flexibility index (Phi) is 1.52. The van der Waals surface area contributed by atoms with Crippen LogP contribution in [0.3, 0.4) is 0 Å². The minimum atomic E-state index is -0.189. The number of hydrogen-bond donors (Lipinski definition) is 2. The van der Waals surface area contributed by atoms with Gasteiger partial charge in [-0.25, -0.2) is 15.0 Å². The van der Waals surface area contributed by atoms with E-state index in [1.165, 1.54) is 6.33 Å². The SMILES string of the molecule is Nc1ncnc2c1ncn2[C@@]12C[C@@H](O)C[C@@H]1C2. The number of nitrogens with zero attached hydrogens (tertiary/aromatic N) is 4. The first kappa shape index (κ1) is 9.35. The normalized spacial score (nSPS) is 35.1. The van der Waals surface area contributed by atoms with E-state index in [4.69, 9.17) is 5.73 Å². The van der Waals surface area contributed by atoms with Gasteiger partial charge in [-0.05, 0) is 25.2 Å². The average molecular weight is 231 g/mol. The first-order valence-corrected chi connectivity index (χ1v) is 5.83. The number of hydrogen-bond acceptors (Lipinski definition) is 5. The zero-order valence-corrected chi connectivity index (χ0v) is 9.24. The van der Waals surface area contributed by atoms with E-state index in [9.17, 15) is 5.11 Å². The summed E-state index contributed by atoms with van der Waals surface area (Å²) >= 11 is 0. The van der Waals surface area contributed by atoms with E-state index < -0.39 is 0 Å². The van der Waals surface area contributed by atoms with Gasteiger partial charge in [-0.3, -0.25) is 0 Å². The minimum absolute atomic E-state index is 0.0367. The zero-order valence-electron chi connectivity index (χ0n) is 9.24. The Morgan fingerprint density at radius 2 is 2.24 bits per heavy atom. The molecular weight excluding hydrogens is 218 g/mol. The molecule has 2 saturated carbocycles. The highest BCUT2D eigenvalue weighted by Crippen LogP contribution is 2.61. The molecule has 17 heavy (non-hydrogen) atoms. The maximum atomic E-state index is 9.73. The molecule has 3 atom stereocenters. The Morgan fingerprint density at radius 1 is 1.35 bits per heavy atom. The zero-order chi connectivity index (χ0) is 11.6. The summed E-state index contributed by atoms with van der Waals surface area (Å²) in [4.78, 5) is 12.5. The van der Waals surface area contributed by atoms with Crippen LogP contribution in [0.1, 0.15) is 19.3 Å². The number of aliphatic hydroxyl groups is 1. The first-order valence-electron chi connectivity index (χ1n) is 5.83. The number of nitrogens with two attached hydrogens (primary N) is 1. The van der Waals surface area contributed by atoms with Crippen molar-refractivity contribution in [3.63, 3.8) is 0 Å². The highest BCUT2D eigenvalue weighted by Gasteiger charge is 2.61. The van der Waals surface area contributed by atoms with Crippen LogP contribution >= 0.6 is 0 Å². The molecular formula is C11H13N5O. The van der Waals surface area contributed by atoms with Crippen molar-refractivity contribution in [2.45, 2.75) is 30.9 Å². The summed E-state index contributed by atoms with van der Waals surface area (Å²) in [5, 5.41) is 9.73. The predicted molar refractivity (Wildman–Crippen MR) is 61.1 cm³/mol. The van der Waals surface area contributed by atoms with Crippen molar-refractivity contribution in [3.05, 3.63) is 12.7 Å². The van der Waals surface area contributed by atoms with Crippen molar-refractivity contribution < 1.29 is 5.11 Å². The third-order valence-corrected chi connectivity index (χ3v) is 4.19. The second-order valence-electron chi connectivity index (χ2n) is 5.14. The van der Waals surface area contributed by atoms with Crippen molar-refractivity contribution >= 4 is 17.0 Å². The largest absolute Gasteiger partial charge is 0.393 e. The topological polar surface area (TPSA) is 89.9 Å². The summed E-state index contributed by atoms with van der Waals surface area (Å²) in [7, 11) is 0. The van der Waals surface area contributed by atoms with E-state index in [1.807, 2.05) is 0 Å². The lowest BCUT2D eigenvalue weighted by atomic mass is 10.1. The number of rotatable bonds is 1. The summed E-state index contributed by atoms with van der Waals surface area (Å²) in [6, 6.07) is 0. The number of nitrogen functional groups attached to an aromatic ring is 1. The van der Waals surface area contributed by atoms with Crippen LogP contribution in [0, 0.1) is 5.92 Å². The van der Waals surface area contributed by atoms with E-state index >= 15 is 0 Å². The molecule has 88 valence electrons. The maximum absolute atomic E-state index is 9.73. The van der Waals surface area contributed by atoms with Crippen LogP contribution in [-0.4, -0.2) is 30.7 Å². The summed E-state index contributed by atoms with van der Waals surface area (Å²) in [5.41, 5.74) is 7.26. The Balaban J connectivity index is 1.90. The van der Waals surface area contributed by atoms with Gasteiger partial charge < -0.3 is 15.4 Å². The fourth-order valence-corrected chi connectivity index (χ4v) is 3.31. The van der Waals surface area contributed by atoms with Gasteiger partial charge in [-0.1, -0.05) is 0 Å². The molecule has 4 rings (SSSR count). The third-order valence-electron chi connectivity index (χ3n) is 4.19. The lowest BCUT2D eigenvalue weighted by Crippen LogP contribution is -2.19. The summed E-state index contributed by atoms with van der Waals surface area (Å²) in [6.45, 7) is 0. The lowest BCUT2D eigenvalue weighted by molar-refractivity contribution is 0.159. The number of fused-ring (bicyclic) bond motifs is 2. The fourth-order valence-electron chi connectivity index (χ4n) is 3.31. The van der Waals surface area contributed by atoms with Crippen molar-refractivity contribution in [1.29, 1.82) is 0 Å². The van der Waals surface area contributed by atoms with Gasteiger partial charge in [0.2, 0.25) is 0 Å². The van der Waals surface area contributed by atoms with E-state index in [0.717, 1.165) is 24.9 Å². The molecule has 2 aliphatic rings. The molecule has 0 bridgehead atoms. The van der Waals surface area contributed by atoms with E-state index in [0.29, 0.717) is 17.3 Å². The van der Waals surface area contributed by atoms with Crippen LogP contribution in [0.2, 0.25) is 0 Å². The van der Waals surface area contributed by atoms with Gasteiger partial charge in [0.25, 0.3) is 0 Å². The molecule has 2 aromatic rings. The molecule has 0 saturated heterocycles. The molecule has 0 aliphatic heterocycles. The Morgan fingerprint density at radius 3 is 3.00 bits per heavy atom. The molecule has 3 N–H and O–H groups in total. The van der Waals surface area contributed by atoms with Crippen LogP contribution in [0.25, 0.3) is 11.2 Å². The average Bonchev–Trinajstić information content (AvgIpc) is 2.72. The summed E-state index contributed by atoms with van der Waals surface area (Å²) in [6.07, 6.45) is 5.86. The van der Waals surface area contributed by atoms with Gasteiger partial charge in [-0.2, -0.15) is 0 Å². The summed E-state index contributed by atoms with van der Waals surface area (Å²) in [5.74, 6) is 0.979. The Bertz CT molecular complexity index is 609. The molecule has 0 aromatic carbocycles. The minimum Gasteiger partial charge on any atom is -0.393 e. The Labute approximate surface area is 97.5 Å². The molecule has 0 unspecified atom stereocenters. The molecule has 0 radical (unpaired) electrons. The smallest absolute Gasteiger partial charge is 0.165 e. The van der Waals surface area contributed by atoms with Gasteiger partial charge in [0.1, 0.15) is 11.8 Å². The highest BCUT2D eigenvalue weighted by molar-refractivity contribution is 5.81. The van der Waals surface area contributed by atoms with Gasteiger partial charge in [0.15, 0.2) is 11.5 Å². The second-order valence-corrected chi connectivity index (χ2v) is 5.14. The maximum Gasteiger partial charge on any atom is 0.165 e. The third kappa shape index (κ3) is 1.06. The van der Waals surface area contributed by atoms with Crippen molar-refractivity contribution in [2.75, 3.05) is 5.73 Å². The van der Waals surface area contributed by atoms with Crippen LogP contribution in [-0.2, 0) is 5.54 Å². The van der Waals surface area contributed by atoms with Gasteiger partial charge in [0.05, 0.1) is 18.0 Å². The van der Waals surface area contributed by atoms with Crippen LogP contribution in [0.15, 0.2) is 12.7 Å². The Hall–Kier alpha value is -1.69. The van der Waals surface area contributed by atoms with Crippen molar-refractivity contribution in [3.8, 4) is 0 Å². The fraction of sp³-hybridized carbons (Fsp3) is 0.545. The van der Waals surface area contributed by atoms with E-state index in [-0.39, 0.29) is 11.6 Å². The lowest BCUT2D eigenvalue weighted by Gasteiger charge is -2.15. The molecule has 0 spiro atoms. The standard InChI is InChI=1S/C11H13N5O/c12-9-8-10(14-4-13-9)16(5-15-8)11-2-6(11)1-7(17)3-11/h4-7,17H,1-3H2,(H2,12,13,14)/t6-,7+,11+/m1/s1. The monoisotopic (exact) mass is 231 g/mol. The van der Waals surface area contributed by atoms with Crippen LogP contribution < -0.4 is 5.73 Å². The molecule has 2 aliphatic carbocycles. The highest BCUT2D eigenvalue weighted by atomic mass is 16.3. The number of aromatic nitrogens is 4. The molecule has 6 heteroatoms. The number of imidazole rings is 1. The van der Waals surface area contributed by atoms with Crippen LogP contribution in [0.5, 0.6) is 0 Å². The van der Waals surface area contributed by atoms with Gasteiger partial charge in [0, 0.05) is 0 Å². The van der Waals surface area contributed by atoms with Gasteiger partial charge >= 0.3 is 0 Å². The second kappa shape index (κ2) is 2.76. The van der Waals surface area contributed by atoms with Crippen molar-refractivity contribution in [2.24, 2.45) is 5.92 Å². The van der Waals surface area contributed by atoms with E-state index in [1.54, 1.807) is 6.33 Å². The van der Waals surface area contributed by atoms with E-state index in [2.05, 4.69) is 19.5 Å². The van der Waals surface area contributed by atoms with Crippen molar-refractivity contribution in [1.82, 2.24) is 19.5 Å². The molecule has 0 amide bonds. The van der Waals surface area contributed by atoms with Gasteiger partial charge in [-0.15, -0.1) is 0 Å². The molecule has 2 fully saturated rings.